The van der Waals surface area contributed by atoms with Gasteiger partial charge in [-0.25, -0.2) is 4.79 Å². The molecule has 1 aromatic carbocycles. The third-order valence-electron chi connectivity index (χ3n) is 2.40. The lowest BCUT2D eigenvalue weighted by molar-refractivity contribution is -0.122. The number of carbonyl (C=O) groups is 3. The molecule has 0 aliphatic carbocycles. The first-order valence-corrected chi connectivity index (χ1v) is 6.05. The minimum atomic E-state index is -1.21. The van der Waals surface area contributed by atoms with Gasteiger partial charge in [0.1, 0.15) is 0 Å². The molecule has 7 heteroatoms. The Hall–Kier alpha value is -2.41. The molecule has 3 N–H and O–H groups in total. The zero-order valence-electron chi connectivity index (χ0n) is 11.0. The minimum Gasteiger partial charge on any atom is -0.478 e. The van der Waals surface area contributed by atoms with E-state index in [2.05, 4.69) is 10.9 Å². The van der Waals surface area contributed by atoms with Crippen LogP contribution in [0.3, 0.4) is 0 Å². The highest BCUT2D eigenvalue weighted by atomic mass is 16.5. The third kappa shape index (κ3) is 4.69. The Labute approximate surface area is 115 Å². The van der Waals surface area contributed by atoms with Gasteiger partial charge in [0.05, 0.1) is 24.2 Å². The van der Waals surface area contributed by atoms with Crippen LogP contribution in [0.15, 0.2) is 24.3 Å². The van der Waals surface area contributed by atoms with Gasteiger partial charge < -0.3 is 9.84 Å². The van der Waals surface area contributed by atoms with Gasteiger partial charge in [-0.05, 0) is 19.1 Å². The molecule has 0 unspecified atom stereocenters. The van der Waals surface area contributed by atoms with Gasteiger partial charge in [-0.3, -0.25) is 20.4 Å². The summed E-state index contributed by atoms with van der Waals surface area (Å²) in [7, 11) is 0. The summed E-state index contributed by atoms with van der Waals surface area (Å²) in [6, 6.07) is 5.73. The number of hydrogen-bond donors (Lipinski definition) is 3. The zero-order chi connectivity index (χ0) is 15.0. The lowest BCUT2D eigenvalue weighted by atomic mass is 10.1. The van der Waals surface area contributed by atoms with Crippen LogP contribution in [-0.2, 0) is 9.53 Å². The predicted octanol–water partition coefficient (Wildman–Crippen LogP) is 0.572. The van der Waals surface area contributed by atoms with Gasteiger partial charge >= 0.3 is 5.97 Å². The predicted molar refractivity (Wildman–Crippen MR) is 70.1 cm³/mol. The van der Waals surface area contributed by atoms with Gasteiger partial charge in [0.25, 0.3) is 5.91 Å². The molecular weight excluding hydrogens is 264 g/mol. The molecule has 1 aromatic rings. The van der Waals surface area contributed by atoms with Crippen LogP contribution < -0.4 is 10.9 Å². The molecule has 108 valence electrons. The molecule has 0 spiro atoms. The summed E-state index contributed by atoms with van der Waals surface area (Å²) in [4.78, 5) is 34.1. The third-order valence-corrected chi connectivity index (χ3v) is 2.40. The summed E-state index contributed by atoms with van der Waals surface area (Å²) in [5.74, 6) is -2.31. The lowest BCUT2D eigenvalue weighted by Gasteiger charge is -2.09. The normalized spacial score (nSPS) is 9.85. The number of carboxylic acids is 1. The van der Waals surface area contributed by atoms with E-state index in [0.29, 0.717) is 6.61 Å². The molecule has 20 heavy (non-hydrogen) atoms. The van der Waals surface area contributed by atoms with E-state index in [0.717, 1.165) is 0 Å². The fourth-order valence-corrected chi connectivity index (χ4v) is 1.43. The van der Waals surface area contributed by atoms with Crippen molar-refractivity contribution in [3.63, 3.8) is 0 Å². The number of rotatable bonds is 6. The van der Waals surface area contributed by atoms with Gasteiger partial charge in [0, 0.05) is 6.61 Å². The summed E-state index contributed by atoms with van der Waals surface area (Å²) in [5.41, 5.74) is 4.20. The first-order chi connectivity index (χ1) is 9.56. The minimum absolute atomic E-state index is 0.0230. The van der Waals surface area contributed by atoms with Crippen molar-refractivity contribution in [1.82, 2.24) is 10.9 Å². The summed E-state index contributed by atoms with van der Waals surface area (Å²) in [6.45, 7) is 2.57. The number of aromatic carboxylic acids is 1. The highest BCUT2D eigenvalue weighted by Gasteiger charge is 2.15. The second kappa shape index (κ2) is 7.90. The number of hydrazine groups is 1. The Morgan fingerprint density at radius 3 is 2.40 bits per heavy atom. The number of amides is 2. The number of benzene rings is 1. The second-order valence-electron chi connectivity index (χ2n) is 3.80. The first kappa shape index (κ1) is 15.6. The first-order valence-electron chi connectivity index (χ1n) is 6.05. The molecule has 0 saturated carbocycles. The molecule has 0 radical (unpaired) electrons. The zero-order valence-corrected chi connectivity index (χ0v) is 11.0. The lowest BCUT2D eigenvalue weighted by Crippen LogP contribution is -2.42. The van der Waals surface area contributed by atoms with Gasteiger partial charge in [0.15, 0.2) is 0 Å². The number of hydrogen-bond acceptors (Lipinski definition) is 4. The molecule has 0 saturated heterocycles. The standard InChI is InChI=1S/C13H16N2O5/c1-2-20-8-7-11(16)14-15-12(17)9-5-3-4-6-10(9)13(18)19/h3-6H,2,7-8H2,1H3,(H,14,16)(H,15,17)(H,18,19). The van der Waals surface area contributed by atoms with Gasteiger partial charge in [-0.2, -0.15) is 0 Å². The highest BCUT2D eigenvalue weighted by Crippen LogP contribution is 2.08. The van der Waals surface area contributed by atoms with Gasteiger partial charge in [-0.15, -0.1) is 0 Å². The largest absolute Gasteiger partial charge is 0.478 e. The number of ether oxygens (including phenoxy) is 1. The van der Waals surface area contributed by atoms with Crippen molar-refractivity contribution in [3.8, 4) is 0 Å². The summed E-state index contributed by atoms with van der Waals surface area (Å²) in [6.07, 6.45) is 0.106. The van der Waals surface area contributed by atoms with Crippen LogP contribution in [0.25, 0.3) is 0 Å². The molecule has 1 rings (SSSR count). The van der Waals surface area contributed by atoms with Crippen molar-refractivity contribution in [2.75, 3.05) is 13.2 Å². The smallest absolute Gasteiger partial charge is 0.336 e. The number of carboxylic acid groups (broad SMARTS) is 1. The molecule has 0 aliphatic rings. The Morgan fingerprint density at radius 1 is 1.15 bits per heavy atom. The SMILES string of the molecule is CCOCCC(=O)NNC(=O)c1ccccc1C(=O)O. The van der Waals surface area contributed by atoms with E-state index in [1.165, 1.54) is 24.3 Å². The summed E-state index contributed by atoms with van der Waals surface area (Å²) < 4.78 is 4.99. The van der Waals surface area contributed by atoms with Crippen LogP contribution in [0.1, 0.15) is 34.1 Å². The second-order valence-corrected chi connectivity index (χ2v) is 3.80. The fraction of sp³-hybridized carbons (Fsp3) is 0.308. The maximum absolute atomic E-state index is 11.8. The number of carbonyl (C=O) groups excluding carboxylic acids is 2. The average Bonchev–Trinajstić information content (AvgIpc) is 2.45. The van der Waals surface area contributed by atoms with E-state index in [4.69, 9.17) is 9.84 Å². The molecule has 0 bridgehead atoms. The molecule has 0 aliphatic heterocycles. The Balaban J connectivity index is 2.55. The van der Waals surface area contributed by atoms with Crippen molar-refractivity contribution in [1.29, 1.82) is 0 Å². The molecule has 7 nitrogen and oxygen atoms in total. The van der Waals surface area contributed by atoms with E-state index in [-0.39, 0.29) is 24.2 Å². The van der Waals surface area contributed by atoms with Crippen molar-refractivity contribution in [2.24, 2.45) is 0 Å². The molecular formula is C13H16N2O5. The van der Waals surface area contributed by atoms with Crippen molar-refractivity contribution < 1.29 is 24.2 Å². The highest BCUT2D eigenvalue weighted by molar-refractivity contribution is 6.05. The topological polar surface area (TPSA) is 105 Å². The molecule has 0 atom stereocenters. The van der Waals surface area contributed by atoms with Crippen LogP contribution in [-0.4, -0.2) is 36.1 Å². The van der Waals surface area contributed by atoms with Crippen LogP contribution in [0.4, 0.5) is 0 Å². The van der Waals surface area contributed by atoms with Crippen LogP contribution in [0, 0.1) is 0 Å². The quantitative estimate of drug-likeness (QED) is 0.522. The molecule has 0 fully saturated rings. The van der Waals surface area contributed by atoms with E-state index in [1.807, 2.05) is 6.92 Å². The summed E-state index contributed by atoms with van der Waals surface area (Å²) in [5, 5.41) is 8.95. The number of nitrogens with one attached hydrogen (secondary N) is 2. The molecule has 2 amide bonds. The van der Waals surface area contributed by atoms with Crippen LogP contribution in [0.2, 0.25) is 0 Å². The average molecular weight is 280 g/mol. The van der Waals surface area contributed by atoms with Gasteiger partial charge in [0.2, 0.25) is 5.91 Å². The van der Waals surface area contributed by atoms with Crippen molar-refractivity contribution in [2.45, 2.75) is 13.3 Å². The van der Waals surface area contributed by atoms with Crippen LogP contribution >= 0.6 is 0 Å². The van der Waals surface area contributed by atoms with E-state index in [1.54, 1.807) is 0 Å². The summed E-state index contributed by atoms with van der Waals surface area (Å²) >= 11 is 0. The Kier molecular flexibility index (Phi) is 6.18. The maximum atomic E-state index is 11.8. The van der Waals surface area contributed by atoms with Crippen molar-refractivity contribution >= 4 is 17.8 Å². The molecule has 0 heterocycles. The van der Waals surface area contributed by atoms with Gasteiger partial charge in [-0.1, -0.05) is 12.1 Å². The fourth-order valence-electron chi connectivity index (χ4n) is 1.43. The monoisotopic (exact) mass is 280 g/mol. The Bertz CT molecular complexity index is 501. The van der Waals surface area contributed by atoms with E-state index in [9.17, 15) is 14.4 Å². The Morgan fingerprint density at radius 2 is 1.80 bits per heavy atom. The van der Waals surface area contributed by atoms with Crippen molar-refractivity contribution in [3.05, 3.63) is 35.4 Å². The maximum Gasteiger partial charge on any atom is 0.336 e. The van der Waals surface area contributed by atoms with Crippen LogP contribution in [0.5, 0.6) is 0 Å². The van der Waals surface area contributed by atoms with E-state index >= 15 is 0 Å². The molecule has 0 aromatic heterocycles. The van der Waals surface area contributed by atoms with E-state index < -0.39 is 17.8 Å².